The summed E-state index contributed by atoms with van der Waals surface area (Å²) < 4.78 is 23.7. The molecule has 0 saturated carbocycles. The monoisotopic (exact) mass is 359 g/mol. The van der Waals surface area contributed by atoms with Gasteiger partial charge in [-0.3, -0.25) is 4.90 Å². The van der Waals surface area contributed by atoms with Crippen LogP contribution < -0.4 is 9.47 Å². The van der Waals surface area contributed by atoms with Gasteiger partial charge in [-0.15, -0.1) is 0 Å². The van der Waals surface area contributed by atoms with E-state index in [4.69, 9.17) is 18.9 Å². The van der Waals surface area contributed by atoms with Gasteiger partial charge >= 0.3 is 0 Å². The number of rotatable bonds is 3. The minimum Gasteiger partial charge on any atom is -0.493 e. The lowest BCUT2D eigenvalue weighted by atomic mass is 9.50. The van der Waals surface area contributed by atoms with Crippen molar-refractivity contribution in [3.8, 4) is 11.5 Å². The summed E-state index contributed by atoms with van der Waals surface area (Å²) in [5.41, 5.74) is 0.607. The first-order valence-corrected chi connectivity index (χ1v) is 9.07. The Labute approximate surface area is 153 Å². The quantitative estimate of drug-likeness (QED) is 0.647. The van der Waals surface area contributed by atoms with E-state index < -0.39 is 22.9 Å². The average Bonchev–Trinajstić information content (AvgIpc) is 3.01. The second-order valence-corrected chi connectivity index (χ2v) is 7.84. The second kappa shape index (κ2) is 5.01. The fraction of sp³-hybridized carbons (Fsp3) is 0.600. The third-order valence-corrected chi connectivity index (χ3v) is 7.16. The SMILES string of the molecule is COc1ccc2c3c1O[C@H]1C(OC)(OC)C=C[C@@]4(O)[C@@H](C2)N(C)CC[C@]314. The molecule has 2 heterocycles. The number of hydrogen-bond acceptors (Lipinski definition) is 6. The molecule has 4 atom stereocenters. The van der Waals surface area contributed by atoms with Crippen LogP contribution in [-0.2, 0) is 21.3 Å². The molecule has 2 aliphatic heterocycles. The van der Waals surface area contributed by atoms with Crippen LogP contribution in [0.2, 0.25) is 0 Å². The third-order valence-electron chi connectivity index (χ3n) is 7.16. The van der Waals surface area contributed by atoms with E-state index in [1.165, 1.54) is 5.56 Å². The molecule has 4 aliphatic rings. The lowest BCUT2D eigenvalue weighted by molar-refractivity contribution is -0.264. The number of ether oxygens (including phenoxy) is 4. The normalized spacial score (nSPS) is 38.7. The zero-order valence-corrected chi connectivity index (χ0v) is 15.6. The van der Waals surface area contributed by atoms with Crippen molar-refractivity contribution >= 4 is 0 Å². The molecule has 6 heteroatoms. The van der Waals surface area contributed by atoms with Gasteiger partial charge in [0.2, 0.25) is 5.79 Å². The number of nitrogens with zero attached hydrogens (tertiary/aromatic N) is 1. The summed E-state index contributed by atoms with van der Waals surface area (Å²) in [6.07, 6.45) is 4.76. The Hall–Kier alpha value is -1.60. The van der Waals surface area contributed by atoms with Crippen molar-refractivity contribution in [2.24, 2.45) is 0 Å². The predicted molar refractivity (Wildman–Crippen MR) is 94.7 cm³/mol. The standard InChI is InChI=1S/C20H25NO5/c1-21-10-9-18-15-12-5-6-13(23-2)16(15)26-17(18)20(24-3,25-4)8-7-19(18,22)14(21)11-12/h5-8,14,17,22H,9-11H2,1-4H3/t14-,17-,18+,19-/m1/s1. The van der Waals surface area contributed by atoms with E-state index >= 15 is 0 Å². The third kappa shape index (κ3) is 1.55. The van der Waals surface area contributed by atoms with E-state index in [1.54, 1.807) is 21.3 Å². The first kappa shape index (κ1) is 16.6. The maximum absolute atomic E-state index is 12.0. The van der Waals surface area contributed by atoms with E-state index in [0.29, 0.717) is 5.75 Å². The maximum Gasteiger partial charge on any atom is 0.226 e. The highest BCUT2D eigenvalue weighted by Gasteiger charge is 2.75. The van der Waals surface area contributed by atoms with Crippen molar-refractivity contribution in [3.63, 3.8) is 0 Å². The molecular weight excluding hydrogens is 334 g/mol. The van der Waals surface area contributed by atoms with Gasteiger partial charge in [-0.1, -0.05) is 6.07 Å². The van der Waals surface area contributed by atoms with Gasteiger partial charge < -0.3 is 24.1 Å². The molecule has 26 heavy (non-hydrogen) atoms. The van der Waals surface area contributed by atoms with Gasteiger partial charge in [-0.05, 0) is 50.2 Å². The summed E-state index contributed by atoms with van der Waals surface area (Å²) in [4.78, 5) is 2.25. The van der Waals surface area contributed by atoms with Crippen LogP contribution in [0.4, 0.5) is 0 Å². The van der Waals surface area contributed by atoms with Gasteiger partial charge in [0.25, 0.3) is 0 Å². The Morgan fingerprint density at radius 1 is 1.19 bits per heavy atom. The van der Waals surface area contributed by atoms with Crippen molar-refractivity contribution in [2.75, 3.05) is 34.9 Å². The van der Waals surface area contributed by atoms with Crippen molar-refractivity contribution in [1.82, 2.24) is 4.90 Å². The molecule has 1 N–H and O–H groups in total. The van der Waals surface area contributed by atoms with E-state index in [1.807, 2.05) is 18.2 Å². The molecule has 0 unspecified atom stereocenters. The molecule has 0 amide bonds. The fourth-order valence-corrected chi connectivity index (χ4v) is 5.87. The lowest BCUT2D eigenvalue weighted by Gasteiger charge is -2.62. The number of likely N-dealkylation sites (tertiary alicyclic amines) is 1. The number of piperidine rings is 1. The highest BCUT2D eigenvalue weighted by molar-refractivity contribution is 5.64. The zero-order chi connectivity index (χ0) is 18.3. The number of methoxy groups -OCH3 is 3. The first-order chi connectivity index (χ1) is 12.5. The van der Waals surface area contributed by atoms with Gasteiger partial charge in [0.05, 0.1) is 12.5 Å². The minimum absolute atomic E-state index is 0.0165. The Morgan fingerprint density at radius 2 is 1.96 bits per heavy atom. The van der Waals surface area contributed by atoms with Crippen LogP contribution in [0, 0.1) is 0 Å². The molecule has 1 fully saturated rings. The highest BCUT2D eigenvalue weighted by atomic mass is 16.7. The van der Waals surface area contributed by atoms with Gasteiger partial charge in [-0.2, -0.15) is 0 Å². The van der Waals surface area contributed by atoms with Gasteiger partial charge in [0, 0.05) is 25.8 Å². The molecule has 0 aromatic heterocycles. The molecule has 2 aliphatic carbocycles. The molecular formula is C20H25NO5. The molecule has 1 aromatic rings. The lowest BCUT2D eigenvalue weighted by Crippen LogP contribution is -2.77. The summed E-state index contributed by atoms with van der Waals surface area (Å²) in [6, 6.07) is 4.05. The van der Waals surface area contributed by atoms with E-state index in [0.717, 1.165) is 30.7 Å². The number of likely N-dealkylation sites (N-methyl/N-ethyl adjacent to an activating group) is 1. The minimum atomic E-state index is -1.05. The zero-order valence-electron chi connectivity index (χ0n) is 15.6. The summed E-state index contributed by atoms with van der Waals surface area (Å²) in [5, 5.41) is 12.0. The Morgan fingerprint density at radius 3 is 2.65 bits per heavy atom. The molecule has 140 valence electrons. The molecule has 2 bridgehead atoms. The van der Waals surface area contributed by atoms with Crippen LogP contribution in [0.15, 0.2) is 24.3 Å². The van der Waals surface area contributed by atoms with Crippen molar-refractivity contribution in [1.29, 1.82) is 0 Å². The van der Waals surface area contributed by atoms with E-state index in [2.05, 4.69) is 18.0 Å². The van der Waals surface area contributed by atoms with Crippen molar-refractivity contribution < 1.29 is 24.1 Å². The highest BCUT2D eigenvalue weighted by Crippen LogP contribution is 2.65. The number of hydrogen-bond donors (Lipinski definition) is 1. The van der Waals surface area contributed by atoms with Gasteiger partial charge in [0.1, 0.15) is 5.60 Å². The molecule has 0 radical (unpaired) electrons. The van der Waals surface area contributed by atoms with E-state index in [-0.39, 0.29) is 6.04 Å². The van der Waals surface area contributed by atoms with Crippen LogP contribution in [0.3, 0.4) is 0 Å². The predicted octanol–water partition coefficient (Wildman–Crippen LogP) is 1.24. The number of benzene rings is 1. The Kier molecular flexibility index (Phi) is 3.19. The summed E-state index contributed by atoms with van der Waals surface area (Å²) in [7, 11) is 6.97. The van der Waals surface area contributed by atoms with Crippen LogP contribution >= 0.6 is 0 Å². The van der Waals surface area contributed by atoms with Crippen molar-refractivity contribution in [3.05, 3.63) is 35.4 Å². The summed E-state index contributed by atoms with van der Waals surface area (Å²) >= 11 is 0. The van der Waals surface area contributed by atoms with Gasteiger partial charge in [0.15, 0.2) is 17.6 Å². The second-order valence-electron chi connectivity index (χ2n) is 7.84. The molecule has 5 rings (SSSR count). The fourth-order valence-electron chi connectivity index (χ4n) is 5.87. The maximum atomic E-state index is 12.0. The Balaban J connectivity index is 1.86. The molecule has 1 saturated heterocycles. The molecule has 6 nitrogen and oxygen atoms in total. The summed E-state index contributed by atoms with van der Waals surface area (Å²) in [6.45, 7) is 0.875. The van der Waals surface area contributed by atoms with Crippen LogP contribution in [0.1, 0.15) is 17.5 Å². The van der Waals surface area contributed by atoms with Crippen molar-refractivity contribution in [2.45, 2.75) is 41.8 Å². The topological polar surface area (TPSA) is 60.4 Å². The molecule has 1 spiro atoms. The van der Waals surface area contributed by atoms with E-state index in [9.17, 15) is 5.11 Å². The van der Waals surface area contributed by atoms with Crippen LogP contribution in [0.5, 0.6) is 11.5 Å². The first-order valence-electron chi connectivity index (χ1n) is 9.07. The smallest absolute Gasteiger partial charge is 0.226 e. The average molecular weight is 359 g/mol. The number of aliphatic hydroxyl groups is 1. The summed E-state index contributed by atoms with van der Waals surface area (Å²) in [5.74, 6) is 0.359. The van der Waals surface area contributed by atoms with Gasteiger partial charge in [-0.25, -0.2) is 0 Å². The Bertz CT molecular complexity index is 804. The van der Waals surface area contributed by atoms with Crippen LogP contribution in [0.25, 0.3) is 0 Å². The largest absolute Gasteiger partial charge is 0.493 e. The molecule has 1 aromatic carbocycles. The van der Waals surface area contributed by atoms with Crippen LogP contribution in [-0.4, -0.2) is 68.5 Å².